The first-order valence-electron chi connectivity index (χ1n) is 41.9. The Morgan fingerprint density at radius 1 is 0.270 bits per heavy atom. The molecule has 100 heavy (non-hydrogen) atoms. The molecule has 19 heteroatoms. The molecule has 0 saturated heterocycles. The maximum absolute atomic E-state index is 13.1. The van der Waals surface area contributed by atoms with E-state index in [1.807, 2.05) is 0 Å². The van der Waals surface area contributed by atoms with Crippen LogP contribution in [0.25, 0.3) is 0 Å². The maximum Gasteiger partial charge on any atom is 0.472 e. The van der Waals surface area contributed by atoms with Gasteiger partial charge in [-0.05, 0) is 51.4 Å². The van der Waals surface area contributed by atoms with Gasteiger partial charge in [-0.1, -0.05) is 361 Å². The molecule has 0 aliphatic heterocycles. The van der Waals surface area contributed by atoms with Gasteiger partial charge in [0.2, 0.25) is 0 Å². The van der Waals surface area contributed by atoms with Crippen LogP contribution in [0.4, 0.5) is 0 Å². The number of ether oxygens (including phenoxy) is 4. The van der Waals surface area contributed by atoms with E-state index in [0.717, 1.165) is 103 Å². The molecule has 2 unspecified atom stereocenters. The third-order valence-corrected chi connectivity index (χ3v) is 20.7. The molecule has 0 saturated carbocycles. The molecular formula is C81H156O17P2. The van der Waals surface area contributed by atoms with Gasteiger partial charge < -0.3 is 33.8 Å². The van der Waals surface area contributed by atoms with E-state index in [4.69, 9.17) is 37.0 Å². The van der Waals surface area contributed by atoms with Crippen molar-refractivity contribution < 1.29 is 80.2 Å². The Labute approximate surface area is 612 Å². The van der Waals surface area contributed by atoms with Gasteiger partial charge >= 0.3 is 39.5 Å². The zero-order valence-corrected chi connectivity index (χ0v) is 66.7. The molecule has 0 aromatic heterocycles. The highest BCUT2D eigenvalue weighted by Crippen LogP contribution is 2.45. The van der Waals surface area contributed by atoms with Crippen LogP contribution in [0, 0.1) is 0 Å². The van der Waals surface area contributed by atoms with E-state index in [0.29, 0.717) is 25.7 Å². The monoisotopic (exact) mass is 1460 g/mol. The summed E-state index contributed by atoms with van der Waals surface area (Å²) in [5.74, 6) is -2.12. The minimum absolute atomic E-state index is 0.0954. The van der Waals surface area contributed by atoms with Crippen LogP contribution in [0.1, 0.15) is 426 Å². The number of hydrogen-bond acceptors (Lipinski definition) is 15. The standard InChI is InChI=1S/C81H156O17P2/c1-5-9-13-17-21-25-29-33-36-37-40-42-46-50-54-58-62-66-79(84)92-72-77(98-81(86)68-64-60-56-52-48-44-39-35-31-27-23-19-15-11-7-3)74-96-100(89,90)94-70-75(82)69-93-99(87,88)95-73-76(71-91-78(83)65-61-57-53-49-45-41-32-28-24-20-16-12-8-4)97-80(85)67-63-59-55-51-47-43-38-34-30-26-22-18-14-10-6-2/h35,39,75-77,82H,5-34,36-38,40-74H2,1-4H3,(H,87,88)(H,89,90)/b39-35-/t75-,76-,77-/m1/s1. The number of carbonyl (C=O) groups excluding carboxylic acids is 4. The summed E-state index contributed by atoms with van der Waals surface area (Å²) in [5, 5.41) is 10.6. The van der Waals surface area contributed by atoms with Crippen LogP contribution < -0.4 is 0 Å². The van der Waals surface area contributed by atoms with Crippen LogP contribution in [0.15, 0.2) is 12.2 Å². The molecule has 0 bridgehead atoms. The van der Waals surface area contributed by atoms with Crippen molar-refractivity contribution in [2.75, 3.05) is 39.6 Å². The Hall–Kier alpha value is -2.20. The molecule has 0 amide bonds. The quantitative estimate of drug-likeness (QED) is 0.0169. The van der Waals surface area contributed by atoms with Gasteiger partial charge in [0.25, 0.3) is 0 Å². The van der Waals surface area contributed by atoms with Crippen molar-refractivity contribution >= 4 is 39.5 Å². The number of aliphatic hydroxyl groups excluding tert-OH is 1. The summed E-state index contributed by atoms with van der Waals surface area (Å²) < 4.78 is 68.7. The van der Waals surface area contributed by atoms with Gasteiger partial charge in [-0.25, -0.2) is 9.13 Å². The van der Waals surface area contributed by atoms with Crippen molar-refractivity contribution in [1.82, 2.24) is 0 Å². The van der Waals surface area contributed by atoms with E-state index in [9.17, 15) is 43.2 Å². The Balaban J connectivity index is 5.28. The van der Waals surface area contributed by atoms with Crippen LogP contribution in [-0.4, -0.2) is 96.7 Å². The third-order valence-electron chi connectivity index (χ3n) is 18.8. The Bertz CT molecular complexity index is 1940. The zero-order valence-electron chi connectivity index (χ0n) is 64.9. The smallest absolute Gasteiger partial charge is 0.462 e. The molecule has 0 heterocycles. The van der Waals surface area contributed by atoms with Gasteiger partial charge in [-0.2, -0.15) is 0 Å². The van der Waals surface area contributed by atoms with Gasteiger partial charge in [0.15, 0.2) is 12.2 Å². The lowest BCUT2D eigenvalue weighted by atomic mass is 10.0. The number of allylic oxidation sites excluding steroid dienone is 2. The molecular weight excluding hydrogens is 1310 g/mol. The summed E-state index contributed by atoms with van der Waals surface area (Å²) in [6.45, 7) is 5.01. The van der Waals surface area contributed by atoms with Crippen LogP contribution in [0.5, 0.6) is 0 Å². The largest absolute Gasteiger partial charge is 0.472 e. The van der Waals surface area contributed by atoms with Crippen molar-refractivity contribution in [3.8, 4) is 0 Å². The molecule has 0 rings (SSSR count). The fourth-order valence-corrected chi connectivity index (χ4v) is 13.9. The summed E-state index contributed by atoms with van der Waals surface area (Å²) in [6, 6.07) is 0. The Morgan fingerprint density at radius 3 is 0.690 bits per heavy atom. The van der Waals surface area contributed by atoms with Crippen molar-refractivity contribution in [3.63, 3.8) is 0 Å². The second kappa shape index (κ2) is 75.0. The van der Waals surface area contributed by atoms with Gasteiger partial charge in [0.05, 0.1) is 26.4 Å². The molecule has 0 aromatic rings. The molecule has 0 aliphatic carbocycles. The van der Waals surface area contributed by atoms with Crippen molar-refractivity contribution in [2.45, 2.75) is 444 Å². The normalized spacial score (nSPS) is 13.9. The lowest BCUT2D eigenvalue weighted by Crippen LogP contribution is -2.30. The Morgan fingerprint density at radius 2 is 0.460 bits per heavy atom. The van der Waals surface area contributed by atoms with E-state index in [1.54, 1.807) is 0 Å². The number of aliphatic hydroxyl groups is 1. The molecule has 0 aromatic carbocycles. The molecule has 17 nitrogen and oxygen atoms in total. The lowest BCUT2D eigenvalue weighted by Gasteiger charge is -2.21. The average Bonchev–Trinajstić information content (AvgIpc) is 0.942. The van der Waals surface area contributed by atoms with Crippen molar-refractivity contribution in [1.29, 1.82) is 0 Å². The van der Waals surface area contributed by atoms with Crippen LogP contribution in [0.3, 0.4) is 0 Å². The van der Waals surface area contributed by atoms with E-state index in [1.165, 1.54) is 244 Å². The maximum atomic E-state index is 13.1. The van der Waals surface area contributed by atoms with E-state index in [-0.39, 0.29) is 25.7 Å². The number of esters is 4. The fraction of sp³-hybridized carbons (Fsp3) is 0.926. The lowest BCUT2D eigenvalue weighted by molar-refractivity contribution is -0.161. The summed E-state index contributed by atoms with van der Waals surface area (Å²) in [6.07, 6.45) is 68.9. The first kappa shape index (κ1) is 97.8. The first-order valence-corrected chi connectivity index (χ1v) is 44.9. The topological polar surface area (TPSA) is 237 Å². The molecule has 592 valence electrons. The number of unbranched alkanes of at least 4 members (excludes halogenated alkanes) is 53. The second-order valence-corrected chi connectivity index (χ2v) is 31.7. The summed E-state index contributed by atoms with van der Waals surface area (Å²) in [4.78, 5) is 73.1. The van der Waals surface area contributed by atoms with Gasteiger partial charge in [-0.3, -0.25) is 37.3 Å². The first-order chi connectivity index (χ1) is 48.7. The number of rotatable bonds is 81. The average molecular weight is 1460 g/mol. The minimum atomic E-state index is -4.96. The molecule has 5 atom stereocenters. The summed E-state index contributed by atoms with van der Waals surface area (Å²) in [7, 11) is -9.93. The highest BCUT2D eigenvalue weighted by Gasteiger charge is 2.30. The Kier molecular flexibility index (Phi) is 73.4. The highest BCUT2D eigenvalue weighted by atomic mass is 31.2. The predicted molar refractivity (Wildman–Crippen MR) is 409 cm³/mol. The van der Waals surface area contributed by atoms with Crippen LogP contribution >= 0.6 is 15.6 Å². The molecule has 0 spiro atoms. The van der Waals surface area contributed by atoms with E-state index >= 15 is 0 Å². The molecule has 0 radical (unpaired) electrons. The van der Waals surface area contributed by atoms with Crippen LogP contribution in [0.2, 0.25) is 0 Å². The third kappa shape index (κ3) is 74.1. The summed E-state index contributed by atoms with van der Waals surface area (Å²) in [5.41, 5.74) is 0. The predicted octanol–water partition coefficient (Wildman–Crippen LogP) is 24.3. The van der Waals surface area contributed by atoms with Gasteiger partial charge in [0.1, 0.15) is 19.3 Å². The molecule has 0 aliphatic rings. The molecule has 3 N–H and O–H groups in total. The van der Waals surface area contributed by atoms with Crippen molar-refractivity contribution in [3.05, 3.63) is 12.2 Å². The zero-order chi connectivity index (χ0) is 73.2. The fourth-order valence-electron chi connectivity index (χ4n) is 12.3. The van der Waals surface area contributed by atoms with E-state index in [2.05, 4.69) is 39.8 Å². The van der Waals surface area contributed by atoms with Crippen molar-refractivity contribution in [2.24, 2.45) is 0 Å². The highest BCUT2D eigenvalue weighted by molar-refractivity contribution is 7.47. The number of carbonyl (C=O) groups is 4. The number of phosphoric ester groups is 2. The molecule has 0 fully saturated rings. The number of phosphoric acid groups is 2. The van der Waals surface area contributed by atoms with Crippen LogP contribution in [-0.2, 0) is 65.4 Å². The van der Waals surface area contributed by atoms with Gasteiger partial charge in [-0.15, -0.1) is 0 Å². The SMILES string of the molecule is CCCCCCCC/C=C\CCCCCCCC(=O)O[C@H](COC(=O)CCCCCCCCCCCCCCCCCCC)COP(=O)(O)OC[C@H](O)COP(=O)(O)OC[C@@H](COC(=O)CCCCCCCCCCCCCCC)OC(=O)CCCCCCCCCCCCCCCCC. The van der Waals surface area contributed by atoms with Gasteiger partial charge in [0, 0.05) is 25.7 Å². The second-order valence-electron chi connectivity index (χ2n) is 28.8. The number of hydrogen-bond donors (Lipinski definition) is 3. The summed E-state index contributed by atoms with van der Waals surface area (Å²) >= 11 is 0. The van der Waals surface area contributed by atoms with E-state index < -0.39 is 97.5 Å². The minimum Gasteiger partial charge on any atom is -0.462 e.